The van der Waals surface area contributed by atoms with Crippen molar-refractivity contribution in [3.63, 3.8) is 0 Å². The molecule has 1 atom stereocenters. The van der Waals surface area contributed by atoms with Crippen molar-refractivity contribution in [1.82, 2.24) is 10.2 Å². The van der Waals surface area contributed by atoms with Crippen LogP contribution in [0.5, 0.6) is 0 Å². The Labute approximate surface area is 152 Å². The number of rotatable bonds is 6. The topological polar surface area (TPSA) is 32.3 Å². The van der Waals surface area contributed by atoms with Crippen LogP contribution in [0.25, 0.3) is 0 Å². The Kier molecular flexibility index (Phi) is 6.30. The number of aryl methyl sites for hydroxylation is 1. The number of hydrogen-bond acceptors (Lipinski definition) is 3. The van der Waals surface area contributed by atoms with E-state index in [1.165, 1.54) is 16.9 Å². The monoisotopic (exact) mass is 362 g/mol. The second-order valence-electron chi connectivity index (χ2n) is 6.31. The van der Waals surface area contributed by atoms with E-state index in [0.717, 1.165) is 45.3 Å². The lowest BCUT2D eigenvalue weighted by molar-refractivity contribution is 0.0907. The molecule has 128 valence electrons. The summed E-state index contributed by atoms with van der Waals surface area (Å²) in [5.74, 6) is 0.00281. The Hall–Kier alpha value is -1.36. The molecule has 1 fully saturated rings. The number of likely N-dealkylation sites (tertiary alicyclic amines) is 1. The lowest BCUT2D eigenvalue weighted by atomic mass is 10.0. The van der Waals surface area contributed by atoms with Crippen molar-refractivity contribution in [2.45, 2.75) is 31.7 Å². The van der Waals surface area contributed by atoms with E-state index in [-0.39, 0.29) is 11.9 Å². The molecule has 2 heterocycles. The molecule has 0 spiro atoms. The summed E-state index contributed by atoms with van der Waals surface area (Å²) in [6.07, 6.45) is 4.47. The SMILES string of the molecule is O=C(N[C@@H]1CCCN(CCCc2ccccc2)C1)c1ccc(Cl)s1. The zero-order valence-corrected chi connectivity index (χ0v) is 15.3. The summed E-state index contributed by atoms with van der Waals surface area (Å²) in [7, 11) is 0. The first-order chi connectivity index (χ1) is 11.7. The number of carbonyl (C=O) groups is 1. The molecule has 1 N–H and O–H groups in total. The summed E-state index contributed by atoms with van der Waals surface area (Å²) in [4.78, 5) is 15.4. The maximum Gasteiger partial charge on any atom is 0.261 e. The van der Waals surface area contributed by atoms with Crippen LogP contribution in [0.1, 0.15) is 34.5 Å². The normalized spacial score (nSPS) is 18.5. The van der Waals surface area contributed by atoms with Crippen LogP contribution in [-0.4, -0.2) is 36.5 Å². The molecule has 3 nitrogen and oxygen atoms in total. The zero-order valence-electron chi connectivity index (χ0n) is 13.7. The molecule has 5 heteroatoms. The summed E-state index contributed by atoms with van der Waals surface area (Å²) in [5.41, 5.74) is 1.40. The van der Waals surface area contributed by atoms with Crippen LogP contribution in [-0.2, 0) is 6.42 Å². The molecule has 24 heavy (non-hydrogen) atoms. The predicted octanol–water partition coefficient (Wildman–Crippen LogP) is 4.23. The third kappa shape index (κ3) is 5.07. The average Bonchev–Trinajstić information content (AvgIpc) is 3.03. The number of amides is 1. The van der Waals surface area contributed by atoms with Crippen molar-refractivity contribution in [1.29, 1.82) is 0 Å². The van der Waals surface area contributed by atoms with Gasteiger partial charge in [-0.3, -0.25) is 4.79 Å². The molecule has 1 aromatic carbocycles. The molecule has 0 aliphatic carbocycles. The first-order valence-corrected chi connectivity index (χ1v) is 9.72. The van der Waals surface area contributed by atoms with Crippen molar-refractivity contribution in [2.75, 3.05) is 19.6 Å². The van der Waals surface area contributed by atoms with E-state index >= 15 is 0 Å². The molecule has 1 aromatic heterocycles. The molecule has 3 rings (SSSR count). The minimum Gasteiger partial charge on any atom is -0.347 e. The maximum absolute atomic E-state index is 12.3. The van der Waals surface area contributed by atoms with Crippen LogP contribution in [0.3, 0.4) is 0 Å². The van der Waals surface area contributed by atoms with Gasteiger partial charge < -0.3 is 10.2 Å². The van der Waals surface area contributed by atoms with Gasteiger partial charge >= 0.3 is 0 Å². The van der Waals surface area contributed by atoms with E-state index < -0.39 is 0 Å². The molecule has 0 radical (unpaired) electrons. The highest BCUT2D eigenvalue weighted by Gasteiger charge is 2.22. The van der Waals surface area contributed by atoms with E-state index in [1.54, 1.807) is 12.1 Å². The molecule has 1 aliphatic rings. The third-order valence-electron chi connectivity index (χ3n) is 4.42. The van der Waals surface area contributed by atoms with Crippen molar-refractivity contribution in [2.24, 2.45) is 0 Å². The minimum absolute atomic E-state index is 0.00281. The summed E-state index contributed by atoms with van der Waals surface area (Å²) < 4.78 is 0.659. The van der Waals surface area contributed by atoms with Gasteiger partial charge in [0.05, 0.1) is 9.21 Å². The fourth-order valence-electron chi connectivity index (χ4n) is 3.22. The summed E-state index contributed by atoms with van der Waals surface area (Å²) >= 11 is 7.24. The van der Waals surface area contributed by atoms with Gasteiger partial charge in [0.15, 0.2) is 0 Å². The second kappa shape index (κ2) is 8.65. The summed E-state index contributed by atoms with van der Waals surface area (Å²) in [6.45, 7) is 3.16. The number of nitrogens with zero attached hydrogens (tertiary/aromatic N) is 1. The van der Waals surface area contributed by atoms with Gasteiger partial charge in [-0.1, -0.05) is 41.9 Å². The lowest BCUT2D eigenvalue weighted by Crippen LogP contribution is -2.47. The van der Waals surface area contributed by atoms with Gasteiger partial charge in [0.2, 0.25) is 0 Å². The highest BCUT2D eigenvalue weighted by molar-refractivity contribution is 7.17. The van der Waals surface area contributed by atoms with Crippen LogP contribution in [0.2, 0.25) is 4.34 Å². The molecule has 0 bridgehead atoms. The van der Waals surface area contributed by atoms with Crippen molar-refractivity contribution in [3.05, 3.63) is 57.2 Å². The highest BCUT2D eigenvalue weighted by atomic mass is 35.5. The molecule has 0 saturated carbocycles. The fraction of sp³-hybridized carbons (Fsp3) is 0.421. The van der Waals surface area contributed by atoms with E-state index in [9.17, 15) is 4.79 Å². The molecule has 0 unspecified atom stereocenters. The Morgan fingerprint density at radius 3 is 2.83 bits per heavy atom. The Morgan fingerprint density at radius 2 is 2.08 bits per heavy atom. The van der Waals surface area contributed by atoms with Crippen LogP contribution in [0.15, 0.2) is 42.5 Å². The van der Waals surface area contributed by atoms with Crippen LogP contribution in [0, 0.1) is 0 Å². The number of halogens is 1. The molecule has 1 amide bonds. The number of hydrogen-bond donors (Lipinski definition) is 1. The molecular weight excluding hydrogens is 340 g/mol. The Bertz CT molecular complexity index is 658. The van der Waals surface area contributed by atoms with Gasteiger partial charge in [-0.15, -0.1) is 11.3 Å². The predicted molar refractivity (Wildman–Crippen MR) is 101 cm³/mol. The minimum atomic E-state index is 0.00281. The Balaban J connectivity index is 1.43. The average molecular weight is 363 g/mol. The zero-order chi connectivity index (χ0) is 16.8. The van der Waals surface area contributed by atoms with Crippen molar-refractivity contribution in [3.8, 4) is 0 Å². The van der Waals surface area contributed by atoms with Gasteiger partial charge in [0, 0.05) is 12.6 Å². The largest absolute Gasteiger partial charge is 0.347 e. The number of piperidine rings is 1. The van der Waals surface area contributed by atoms with E-state index in [2.05, 4.69) is 40.5 Å². The number of thiophene rings is 1. The van der Waals surface area contributed by atoms with Gasteiger partial charge in [-0.2, -0.15) is 0 Å². The highest BCUT2D eigenvalue weighted by Crippen LogP contribution is 2.21. The molecule has 2 aromatic rings. The first-order valence-electron chi connectivity index (χ1n) is 8.53. The van der Waals surface area contributed by atoms with Gasteiger partial charge in [-0.05, 0) is 56.5 Å². The summed E-state index contributed by atoms with van der Waals surface area (Å²) in [5, 5.41) is 3.16. The maximum atomic E-state index is 12.3. The smallest absolute Gasteiger partial charge is 0.261 e. The van der Waals surface area contributed by atoms with Crippen LogP contribution < -0.4 is 5.32 Å². The van der Waals surface area contributed by atoms with Crippen LogP contribution in [0.4, 0.5) is 0 Å². The Morgan fingerprint density at radius 1 is 1.25 bits per heavy atom. The van der Waals surface area contributed by atoms with Gasteiger partial charge in [0.25, 0.3) is 5.91 Å². The van der Waals surface area contributed by atoms with E-state index in [1.807, 2.05) is 0 Å². The van der Waals surface area contributed by atoms with Crippen molar-refractivity contribution < 1.29 is 4.79 Å². The summed E-state index contributed by atoms with van der Waals surface area (Å²) in [6, 6.07) is 14.4. The molecule has 1 aliphatic heterocycles. The van der Waals surface area contributed by atoms with Crippen molar-refractivity contribution >= 4 is 28.8 Å². The quantitative estimate of drug-likeness (QED) is 0.834. The number of benzene rings is 1. The third-order valence-corrected chi connectivity index (χ3v) is 5.65. The molecule has 1 saturated heterocycles. The van der Waals surface area contributed by atoms with E-state index in [0.29, 0.717) is 9.21 Å². The number of carbonyl (C=O) groups excluding carboxylic acids is 1. The van der Waals surface area contributed by atoms with Gasteiger partial charge in [-0.25, -0.2) is 0 Å². The van der Waals surface area contributed by atoms with Crippen LogP contribution >= 0.6 is 22.9 Å². The molecular formula is C19H23ClN2OS. The second-order valence-corrected chi connectivity index (χ2v) is 8.02. The van der Waals surface area contributed by atoms with Gasteiger partial charge in [0.1, 0.15) is 0 Å². The number of nitrogens with one attached hydrogen (secondary N) is 1. The first kappa shape index (κ1) is 17.5. The van der Waals surface area contributed by atoms with E-state index in [4.69, 9.17) is 11.6 Å². The standard InChI is InChI=1S/C19H23ClN2OS/c20-18-11-10-17(24-18)19(23)21-16-9-5-13-22(14-16)12-4-8-15-6-2-1-3-7-15/h1-3,6-7,10-11,16H,4-5,8-9,12-14H2,(H,21,23)/t16-/m1/s1. The fourth-order valence-corrected chi connectivity index (χ4v) is 4.17. The lowest BCUT2D eigenvalue weighted by Gasteiger charge is -2.33.